The Hall–Kier alpha value is -1.36. The van der Waals surface area contributed by atoms with Gasteiger partial charge in [-0.2, -0.15) is 0 Å². The number of carboxylic acids is 1. The minimum absolute atomic E-state index is 0.455. The van der Waals surface area contributed by atoms with Crippen molar-refractivity contribution in [1.29, 1.82) is 0 Å². The zero-order valence-electron chi connectivity index (χ0n) is 9.44. The van der Waals surface area contributed by atoms with E-state index in [4.69, 9.17) is 9.63 Å². The van der Waals surface area contributed by atoms with Gasteiger partial charge in [-0.25, -0.2) is 0 Å². The van der Waals surface area contributed by atoms with Gasteiger partial charge < -0.3 is 9.63 Å². The number of carbonyl (C=O) groups is 1. The molecule has 0 amide bonds. The SMILES string of the molecule is Cc1cc(CN(C)C(C)(C)C(=O)O)no1. The molecule has 0 aliphatic carbocycles. The third-order valence-electron chi connectivity index (χ3n) is 2.55. The van der Waals surface area contributed by atoms with E-state index in [9.17, 15) is 4.79 Å². The molecule has 1 rings (SSSR count). The lowest BCUT2D eigenvalue weighted by Gasteiger charge is -2.30. The summed E-state index contributed by atoms with van der Waals surface area (Å²) in [5.41, 5.74) is -0.170. The largest absolute Gasteiger partial charge is 0.480 e. The van der Waals surface area contributed by atoms with Crippen molar-refractivity contribution < 1.29 is 14.4 Å². The van der Waals surface area contributed by atoms with Gasteiger partial charge in [0.25, 0.3) is 0 Å². The number of likely N-dealkylation sites (N-methyl/N-ethyl adjacent to an activating group) is 1. The van der Waals surface area contributed by atoms with Crippen LogP contribution in [0.3, 0.4) is 0 Å². The van der Waals surface area contributed by atoms with E-state index in [1.54, 1.807) is 38.8 Å². The van der Waals surface area contributed by atoms with Crippen molar-refractivity contribution in [3.8, 4) is 0 Å². The molecule has 0 aliphatic rings. The highest BCUT2D eigenvalue weighted by molar-refractivity contribution is 5.77. The molecule has 15 heavy (non-hydrogen) atoms. The Balaban J connectivity index is 2.71. The number of aliphatic carboxylic acids is 1. The average molecular weight is 212 g/mol. The highest BCUT2D eigenvalue weighted by Crippen LogP contribution is 2.15. The fourth-order valence-corrected chi connectivity index (χ4v) is 1.10. The van der Waals surface area contributed by atoms with E-state index in [1.165, 1.54) is 0 Å². The molecule has 0 aromatic carbocycles. The first-order valence-electron chi connectivity index (χ1n) is 4.71. The van der Waals surface area contributed by atoms with Crippen LogP contribution < -0.4 is 0 Å². The molecule has 0 aliphatic heterocycles. The molecule has 0 fully saturated rings. The average Bonchev–Trinajstić information content (AvgIpc) is 2.50. The van der Waals surface area contributed by atoms with Crippen LogP contribution in [0.25, 0.3) is 0 Å². The lowest BCUT2D eigenvalue weighted by molar-refractivity contribution is -0.148. The first-order valence-corrected chi connectivity index (χ1v) is 4.71. The zero-order valence-corrected chi connectivity index (χ0v) is 9.44. The van der Waals surface area contributed by atoms with Crippen LogP contribution in [0.15, 0.2) is 10.6 Å². The maximum Gasteiger partial charge on any atom is 0.323 e. The van der Waals surface area contributed by atoms with Crippen LogP contribution in [0.5, 0.6) is 0 Å². The molecule has 5 heteroatoms. The van der Waals surface area contributed by atoms with Crippen LogP contribution in [0.1, 0.15) is 25.3 Å². The Morgan fingerprint density at radius 3 is 2.67 bits per heavy atom. The zero-order chi connectivity index (χ0) is 11.6. The number of aryl methyl sites for hydroxylation is 1. The van der Waals surface area contributed by atoms with Crippen molar-refractivity contribution in [2.45, 2.75) is 32.9 Å². The van der Waals surface area contributed by atoms with Crippen LogP contribution >= 0.6 is 0 Å². The first kappa shape index (κ1) is 11.7. The predicted octanol–water partition coefficient (Wildman–Crippen LogP) is 1.28. The Bertz CT molecular complexity index is 357. The first-order chi connectivity index (χ1) is 6.84. The van der Waals surface area contributed by atoms with Gasteiger partial charge in [-0.3, -0.25) is 9.69 Å². The van der Waals surface area contributed by atoms with Crippen LogP contribution in [0.4, 0.5) is 0 Å². The number of rotatable bonds is 4. The van der Waals surface area contributed by atoms with Crippen molar-refractivity contribution in [3.63, 3.8) is 0 Å². The van der Waals surface area contributed by atoms with Crippen LogP contribution in [0, 0.1) is 6.92 Å². The summed E-state index contributed by atoms with van der Waals surface area (Å²) in [6, 6.07) is 1.80. The maximum absolute atomic E-state index is 11.0. The molecule has 1 N–H and O–H groups in total. The fourth-order valence-electron chi connectivity index (χ4n) is 1.10. The van der Waals surface area contributed by atoms with Crippen molar-refractivity contribution in [2.24, 2.45) is 0 Å². The minimum atomic E-state index is -0.910. The van der Waals surface area contributed by atoms with E-state index < -0.39 is 11.5 Å². The summed E-state index contributed by atoms with van der Waals surface area (Å²) in [4.78, 5) is 12.7. The topological polar surface area (TPSA) is 66.6 Å². The van der Waals surface area contributed by atoms with Crippen molar-refractivity contribution in [2.75, 3.05) is 7.05 Å². The van der Waals surface area contributed by atoms with Gasteiger partial charge in [-0.05, 0) is 27.8 Å². The predicted molar refractivity (Wildman–Crippen MR) is 54.4 cm³/mol. The second-order valence-corrected chi connectivity index (χ2v) is 4.15. The van der Waals surface area contributed by atoms with E-state index >= 15 is 0 Å². The van der Waals surface area contributed by atoms with Gasteiger partial charge in [0, 0.05) is 12.6 Å². The lowest BCUT2D eigenvalue weighted by atomic mass is 10.0. The number of hydrogen-bond donors (Lipinski definition) is 1. The van der Waals surface area contributed by atoms with Crippen molar-refractivity contribution in [3.05, 3.63) is 17.5 Å². The Morgan fingerprint density at radius 1 is 1.67 bits per heavy atom. The van der Waals surface area contributed by atoms with E-state index in [1.807, 2.05) is 0 Å². The van der Waals surface area contributed by atoms with E-state index in [-0.39, 0.29) is 0 Å². The molecule has 1 heterocycles. The fraction of sp³-hybridized carbons (Fsp3) is 0.600. The molecule has 0 atom stereocenters. The molecule has 0 bridgehead atoms. The summed E-state index contributed by atoms with van der Waals surface area (Å²) < 4.78 is 4.91. The highest BCUT2D eigenvalue weighted by Gasteiger charge is 2.32. The molecule has 0 saturated heterocycles. The van der Waals surface area contributed by atoms with Gasteiger partial charge in [-0.1, -0.05) is 5.16 Å². The van der Waals surface area contributed by atoms with Gasteiger partial charge in [0.1, 0.15) is 11.3 Å². The van der Waals surface area contributed by atoms with Gasteiger partial charge in [0.05, 0.1) is 5.69 Å². The van der Waals surface area contributed by atoms with Gasteiger partial charge in [0.2, 0.25) is 0 Å². The molecule has 84 valence electrons. The normalized spacial score (nSPS) is 12.1. The summed E-state index contributed by atoms with van der Waals surface area (Å²) in [6.45, 7) is 5.57. The molecule has 1 aromatic heterocycles. The number of nitrogens with zero attached hydrogens (tertiary/aromatic N) is 2. The molecular weight excluding hydrogens is 196 g/mol. The van der Waals surface area contributed by atoms with E-state index in [0.717, 1.165) is 11.5 Å². The third kappa shape index (κ3) is 2.56. The molecule has 0 saturated carbocycles. The Morgan fingerprint density at radius 2 is 2.27 bits per heavy atom. The van der Waals surface area contributed by atoms with E-state index in [0.29, 0.717) is 6.54 Å². The second-order valence-electron chi connectivity index (χ2n) is 4.15. The third-order valence-corrected chi connectivity index (χ3v) is 2.55. The molecule has 0 radical (unpaired) electrons. The van der Waals surface area contributed by atoms with Crippen LogP contribution in [-0.2, 0) is 11.3 Å². The summed E-state index contributed by atoms with van der Waals surface area (Å²) in [5, 5.41) is 12.8. The van der Waals surface area contributed by atoms with Crippen molar-refractivity contribution >= 4 is 5.97 Å². The molecule has 1 aromatic rings. The molecular formula is C10H16N2O3. The van der Waals surface area contributed by atoms with Crippen LogP contribution in [-0.4, -0.2) is 33.7 Å². The second kappa shape index (κ2) is 4.02. The van der Waals surface area contributed by atoms with Gasteiger partial charge in [-0.15, -0.1) is 0 Å². The Kier molecular flexibility index (Phi) is 3.14. The standard InChI is InChI=1S/C10H16N2O3/c1-7-5-8(11-15-7)6-12(4)10(2,3)9(13)14/h5H,6H2,1-4H3,(H,13,14). The summed E-state index contributed by atoms with van der Waals surface area (Å²) in [7, 11) is 1.75. The summed E-state index contributed by atoms with van der Waals surface area (Å²) in [5.74, 6) is -0.128. The molecule has 0 unspecified atom stereocenters. The lowest BCUT2D eigenvalue weighted by Crippen LogP contribution is -2.47. The number of carboxylic acid groups (broad SMARTS) is 1. The quantitative estimate of drug-likeness (QED) is 0.814. The minimum Gasteiger partial charge on any atom is -0.480 e. The number of hydrogen-bond acceptors (Lipinski definition) is 4. The van der Waals surface area contributed by atoms with Gasteiger partial charge in [0.15, 0.2) is 0 Å². The molecule has 5 nitrogen and oxygen atoms in total. The monoisotopic (exact) mass is 212 g/mol. The maximum atomic E-state index is 11.0. The Labute approximate surface area is 88.7 Å². The summed E-state index contributed by atoms with van der Waals surface area (Å²) in [6.07, 6.45) is 0. The number of aromatic nitrogens is 1. The summed E-state index contributed by atoms with van der Waals surface area (Å²) >= 11 is 0. The van der Waals surface area contributed by atoms with Crippen molar-refractivity contribution in [1.82, 2.24) is 10.1 Å². The van der Waals surface area contributed by atoms with E-state index in [2.05, 4.69) is 5.16 Å². The van der Waals surface area contributed by atoms with Crippen LogP contribution in [0.2, 0.25) is 0 Å². The molecule has 0 spiro atoms. The highest BCUT2D eigenvalue weighted by atomic mass is 16.5. The van der Waals surface area contributed by atoms with Gasteiger partial charge >= 0.3 is 5.97 Å². The smallest absolute Gasteiger partial charge is 0.323 e.